The normalized spacial score (nSPS) is 14.4. The molecule has 0 aliphatic rings. The van der Waals surface area contributed by atoms with Crippen LogP contribution in [0.4, 0.5) is 0 Å². The predicted octanol–water partition coefficient (Wildman–Crippen LogP) is 3.91. The molecule has 0 fully saturated rings. The minimum Gasteiger partial charge on any atom is -0.469 e. The maximum atomic E-state index is 10.9. The highest BCUT2D eigenvalue weighted by atomic mass is 16.5. The van der Waals surface area contributed by atoms with E-state index in [0.717, 1.165) is 51.4 Å². The molecule has 0 aromatic rings. The van der Waals surface area contributed by atoms with Gasteiger partial charge in [0.05, 0.1) is 19.3 Å². The molecule has 4 nitrogen and oxygen atoms in total. The molecule has 0 radical (unpaired) electrons. The molecule has 4 heteroatoms. The van der Waals surface area contributed by atoms with Gasteiger partial charge in [-0.05, 0) is 19.3 Å². The Labute approximate surface area is 141 Å². The Morgan fingerprint density at radius 3 is 2.39 bits per heavy atom. The summed E-state index contributed by atoms with van der Waals surface area (Å²) in [4.78, 5) is 10.9. The number of allylic oxidation sites excluding steroid dienone is 1. The van der Waals surface area contributed by atoms with Crippen molar-refractivity contribution < 1.29 is 19.7 Å². The first-order chi connectivity index (χ1) is 11.1. The minimum absolute atomic E-state index is 0.145. The van der Waals surface area contributed by atoms with Crippen molar-refractivity contribution in [3.8, 4) is 0 Å². The van der Waals surface area contributed by atoms with Crippen LogP contribution in [0.25, 0.3) is 0 Å². The minimum atomic E-state index is -0.611. The van der Waals surface area contributed by atoms with Gasteiger partial charge in [-0.15, -0.1) is 0 Å². The molecule has 2 unspecified atom stereocenters. The lowest BCUT2D eigenvalue weighted by Gasteiger charge is -2.06. The molecular formula is C19H34O4. The average Bonchev–Trinajstić information content (AvgIpc) is 2.55. The molecule has 0 heterocycles. The van der Waals surface area contributed by atoms with E-state index >= 15 is 0 Å². The van der Waals surface area contributed by atoms with Crippen LogP contribution in [0, 0.1) is 0 Å². The molecule has 0 aliphatic carbocycles. The Morgan fingerprint density at radius 1 is 1.00 bits per heavy atom. The summed E-state index contributed by atoms with van der Waals surface area (Å²) in [6.45, 7) is 2.14. The van der Waals surface area contributed by atoms with E-state index in [1.807, 2.05) is 6.08 Å². The Morgan fingerprint density at radius 2 is 1.70 bits per heavy atom. The average molecular weight is 326 g/mol. The smallest absolute Gasteiger partial charge is 0.305 e. The number of carbonyl (C=O) groups is 1. The second-order valence-corrected chi connectivity index (χ2v) is 5.90. The fourth-order valence-corrected chi connectivity index (χ4v) is 2.22. The summed E-state index contributed by atoms with van der Waals surface area (Å²) in [7, 11) is 1.41. The van der Waals surface area contributed by atoms with E-state index in [1.54, 1.807) is 18.2 Å². The van der Waals surface area contributed by atoms with E-state index in [1.165, 1.54) is 7.11 Å². The molecule has 0 aliphatic heterocycles. The first kappa shape index (κ1) is 21.9. The van der Waals surface area contributed by atoms with E-state index in [2.05, 4.69) is 11.7 Å². The fraction of sp³-hybridized carbons (Fsp3) is 0.737. The molecule has 0 spiro atoms. The lowest BCUT2D eigenvalue weighted by atomic mass is 10.1. The second-order valence-electron chi connectivity index (χ2n) is 5.90. The quantitative estimate of drug-likeness (QED) is 0.288. The number of esters is 1. The number of hydrogen-bond acceptors (Lipinski definition) is 4. The summed E-state index contributed by atoms with van der Waals surface area (Å²) in [5, 5.41) is 19.5. The van der Waals surface area contributed by atoms with E-state index in [-0.39, 0.29) is 5.97 Å². The number of aliphatic hydroxyl groups is 2. The highest BCUT2D eigenvalue weighted by molar-refractivity contribution is 5.68. The topological polar surface area (TPSA) is 66.8 Å². The number of rotatable bonds is 14. The van der Waals surface area contributed by atoms with Crippen molar-refractivity contribution in [2.75, 3.05) is 7.11 Å². The fourth-order valence-electron chi connectivity index (χ4n) is 2.22. The Balaban J connectivity index is 3.58. The summed E-state index contributed by atoms with van der Waals surface area (Å²) in [5.41, 5.74) is 0. The van der Waals surface area contributed by atoms with Crippen LogP contribution in [0.15, 0.2) is 24.3 Å². The van der Waals surface area contributed by atoms with Crippen molar-refractivity contribution in [3.05, 3.63) is 24.3 Å². The first-order valence-corrected chi connectivity index (χ1v) is 8.88. The van der Waals surface area contributed by atoms with Crippen molar-refractivity contribution in [3.63, 3.8) is 0 Å². The first-order valence-electron chi connectivity index (χ1n) is 8.88. The third-order valence-electron chi connectivity index (χ3n) is 3.70. The van der Waals surface area contributed by atoms with Gasteiger partial charge in [0.15, 0.2) is 0 Å². The number of unbranched alkanes of at least 4 members (excludes halogenated alkanes) is 6. The number of aliphatic hydroxyl groups excluding tert-OH is 2. The van der Waals surface area contributed by atoms with Crippen LogP contribution in [-0.4, -0.2) is 35.5 Å². The predicted molar refractivity (Wildman–Crippen MR) is 94.2 cm³/mol. The summed E-state index contributed by atoms with van der Waals surface area (Å²) in [6, 6.07) is 0. The van der Waals surface area contributed by atoms with Gasteiger partial charge in [0.25, 0.3) is 0 Å². The third-order valence-corrected chi connectivity index (χ3v) is 3.70. The van der Waals surface area contributed by atoms with E-state index in [4.69, 9.17) is 0 Å². The monoisotopic (exact) mass is 326 g/mol. The Hall–Kier alpha value is -1.13. The van der Waals surface area contributed by atoms with Crippen molar-refractivity contribution in [1.82, 2.24) is 0 Å². The summed E-state index contributed by atoms with van der Waals surface area (Å²) in [6.07, 6.45) is 15.4. The van der Waals surface area contributed by atoms with Gasteiger partial charge >= 0.3 is 5.97 Å². The van der Waals surface area contributed by atoms with Crippen molar-refractivity contribution in [1.29, 1.82) is 0 Å². The molecular weight excluding hydrogens is 292 g/mol. The zero-order valence-electron chi connectivity index (χ0n) is 14.7. The van der Waals surface area contributed by atoms with Crippen LogP contribution < -0.4 is 0 Å². The van der Waals surface area contributed by atoms with Gasteiger partial charge < -0.3 is 14.9 Å². The molecule has 0 rings (SSSR count). The number of carbonyl (C=O) groups excluding carboxylic acids is 1. The highest BCUT2D eigenvalue weighted by Crippen LogP contribution is 2.10. The SMILES string of the molecule is CCCC/C=C/C(O)/C=C/C(O)CCCCCCCC(=O)OC. The summed E-state index contributed by atoms with van der Waals surface area (Å²) >= 11 is 0. The lowest BCUT2D eigenvalue weighted by molar-refractivity contribution is -0.140. The molecule has 0 saturated carbocycles. The number of methoxy groups -OCH3 is 1. The van der Waals surface area contributed by atoms with Gasteiger partial charge in [0.1, 0.15) is 0 Å². The molecule has 0 bridgehead atoms. The van der Waals surface area contributed by atoms with Crippen LogP contribution >= 0.6 is 0 Å². The van der Waals surface area contributed by atoms with Crippen LogP contribution in [0.2, 0.25) is 0 Å². The van der Waals surface area contributed by atoms with Gasteiger partial charge in [0.2, 0.25) is 0 Å². The summed E-state index contributed by atoms with van der Waals surface area (Å²) in [5.74, 6) is -0.145. The van der Waals surface area contributed by atoms with Crippen LogP contribution in [0.5, 0.6) is 0 Å². The van der Waals surface area contributed by atoms with Crippen LogP contribution in [0.1, 0.15) is 71.1 Å². The maximum absolute atomic E-state index is 10.9. The standard InChI is InChI=1S/C19H34O4/c1-3-4-5-9-12-17(20)15-16-18(21)13-10-7-6-8-11-14-19(22)23-2/h9,12,15-18,20-21H,3-8,10-11,13-14H2,1-2H3/b12-9+,16-15+. The largest absolute Gasteiger partial charge is 0.469 e. The van der Waals surface area contributed by atoms with Crippen molar-refractivity contribution in [2.45, 2.75) is 83.3 Å². The molecule has 0 saturated heterocycles. The zero-order valence-corrected chi connectivity index (χ0v) is 14.7. The molecule has 23 heavy (non-hydrogen) atoms. The molecule has 0 aromatic heterocycles. The van der Waals surface area contributed by atoms with Crippen LogP contribution in [-0.2, 0) is 9.53 Å². The van der Waals surface area contributed by atoms with Gasteiger partial charge in [-0.3, -0.25) is 4.79 Å². The van der Waals surface area contributed by atoms with Gasteiger partial charge in [0, 0.05) is 6.42 Å². The molecule has 2 N–H and O–H groups in total. The highest BCUT2D eigenvalue weighted by Gasteiger charge is 2.02. The molecule has 134 valence electrons. The third kappa shape index (κ3) is 15.5. The maximum Gasteiger partial charge on any atom is 0.305 e. The van der Waals surface area contributed by atoms with Crippen LogP contribution in [0.3, 0.4) is 0 Å². The van der Waals surface area contributed by atoms with E-state index in [9.17, 15) is 15.0 Å². The molecule has 0 amide bonds. The Kier molecular flexibility index (Phi) is 15.0. The van der Waals surface area contributed by atoms with Gasteiger partial charge in [-0.1, -0.05) is 69.8 Å². The zero-order chi connectivity index (χ0) is 17.3. The molecule has 2 atom stereocenters. The van der Waals surface area contributed by atoms with E-state index in [0.29, 0.717) is 12.8 Å². The van der Waals surface area contributed by atoms with E-state index < -0.39 is 12.2 Å². The number of hydrogen-bond donors (Lipinski definition) is 2. The van der Waals surface area contributed by atoms with Crippen molar-refractivity contribution >= 4 is 5.97 Å². The Bertz CT molecular complexity index is 336. The second kappa shape index (κ2) is 15.8. The lowest BCUT2D eigenvalue weighted by Crippen LogP contribution is -2.05. The number of ether oxygens (including phenoxy) is 1. The van der Waals surface area contributed by atoms with Crippen molar-refractivity contribution in [2.24, 2.45) is 0 Å². The van der Waals surface area contributed by atoms with Gasteiger partial charge in [-0.2, -0.15) is 0 Å². The summed E-state index contributed by atoms with van der Waals surface area (Å²) < 4.78 is 4.59. The van der Waals surface area contributed by atoms with Gasteiger partial charge in [-0.25, -0.2) is 0 Å². The molecule has 0 aromatic carbocycles.